The van der Waals surface area contributed by atoms with Crippen LogP contribution in [0.3, 0.4) is 0 Å². The molecular weight excluding hydrogens is 301 g/mol. The number of hydrogen-bond acceptors (Lipinski definition) is 3. The third-order valence-corrected chi connectivity index (χ3v) is 3.63. The number of carbonyl (C=O) groups is 1. The molecule has 0 aromatic heterocycles. The zero-order valence-electron chi connectivity index (χ0n) is 11.0. The van der Waals surface area contributed by atoms with Crippen LogP contribution in [0.2, 0.25) is 10.0 Å². The van der Waals surface area contributed by atoms with Crippen LogP contribution in [-0.4, -0.2) is 32.3 Å². The van der Waals surface area contributed by atoms with Gasteiger partial charge in [-0.2, -0.15) is 0 Å². The number of hydrogen-bond donors (Lipinski definition) is 1. The van der Waals surface area contributed by atoms with Crippen molar-refractivity contribution in [2.45, 2.75) is 12.8 Å². The van der Waals surface area contributed by atoms with Crippen molar-refractivity contribution in [1.82, 2.24) is 5.32 Å². The van der Waals surface area contributed by atoms with Gasteiger partial charge >= 0.3 is 0 Å². The highest BCUT2D eigenvalue weighted by Gasteiger charge is 2.15. The molecule has 6 heteroatoms. The molecule has 1 unspecified atom stereocenters. The third-order valence-electron chi connectivity index (χ3n) is 3.10. The van der Waals surface area contributed by atoms with Gasteiger partial charge in [-0.1, -0.05) is 23.2 Å². The van der Waals surface area contributed by atoms with E-state index in [1.54, 1.807) is 18.2 Å². The van der Waals surface area contributed by atoms with Crippen molar-refractivity contribution in [3.63, 3.8) is 0 Å². The van der Waals surface area contributed by atoms with Crippen molar-refractivity contribution in [2.24, 2.45) is 5.92 Å². The van der Waals surface area contributed by atoms with E-state index in [1.807, 2.05) is 0 Å². The first-order valence-electron chi connectivity index (χ1n) is 6.57. The first-order valence-corrected chi connectivity index (χ1v) is 7.33. The maximum Gasteiger partial charge on any atom is 0.257 e. The quantitative estimate of drug-likeness (QED) is 0.908. The molecule has 0 radical (unpaired) electrons. The van der Waals surface area contributed by atoms with Crippen molar-refractivity contribution in [2.75, 3.05) is 26.4 Å². The fourth-order valence-electron chi connectivity index (χ4n) is 2.01. The normalized spacial score (nSPS) is 18.6. The van der Waals surface area contributed by atoms with Gasteiger partial charge in [0.15, 0.2) is 6.61 Å². The minimum Gasteiger partial charge on any atom is -0.482 e. The maximum absolute atomic E-state index is 11.7. The van der Waals surface area contributed by atoms with Gasteiger partial charge in [0.2, 0.25) is 0 Å². The lowest BCUT2D eigenvalue weighted by Gasteiger charge is -2.22. The Bertz CT molecular complexity index is 462. The Morgan fingerprint density at radius 2 is 2.30 bits per heavy atom. The van der Waals surface area contributed by atoms with E-state index in [-0.39, 0.29) is 12.5 Å². The van der Waals surface area contributed by atoms with Crippen LogP contribution < -0.4 is 10.1 Å². The molecule has 1 N–H and O–H groups in total. The zero-order valence-corrected chi connectivity index (χ0v) is 12.5. The van der Waals surface area contributed by atoms with Gasteiger partial charge in [-0.3, -0.25) is 4.79 Å². The van der Waals surface area contributed by atoms with E-state index in [0.29, 0.717) is 34.9 Å². The van der Waals surface area contributed by atoms with Crippen LogP contribution >= 0.6 is 23.2 Å². The van der Waals surface area contributed by atoms with Gasteiger partial charge in [-0.25, -0.2) is 0 Å². The second-order valence-corrected chi connectivity index (χ2v) is 5.59. The average molecular weight is 318 g/mol. The topological polar surface area (TPSA) is 47.6 Å². The molecule has 1 amide bonds. The third kappa shape index (κ3) is 4.85. The maximum atomic E-state index is 11.7. The van der Waals surface area contributed by atoms with Gasteiger partial charge in [0.25, 0.3) is 5.91 Å². The molecule has 1 fully saturated rings. The van der Waals surface area contributed by atoms with E-state index in [0.717, 1.165) is 19.4 Å². The molecule has 1 heterocycles. The Kier molecular flexibility index (Phi) is 5.95. The monoisotopic (exact) mass is 317 g/mol. The summed E-state index contributed by atoms with van der Waals surface area (Å²) in [6.07, 6.45) is 2.14. The summed E-state index contributed by atoms with van der Waals surface area (Å²) in [7, 11) is 0. The Labute approximate surface area is 128 Å². The Hall–Kier alpha value is -0.970. The smallest absolute Gasteiger partial charge is 0.257 e. The van der Waals surface area contributed by atoms with Crippen LogP contribution in [0.5, 0.6) is 5.75 Å². The number of benzene rings is 1. The van der Waals surface area contributed by atoms with Gasteiger partial charge in [-0.05, 0) is 37.0 Å². The highest BCUT2D eigenvalue weighted by Crippen LogP contribution is 2.27. The first-order chi connectivity index (χ1) is 9.65. The summed E-state index contributed by atoms with van der Waals surface area (Å²) < 4.78 is 10.7. The molecule has 1 saturated heterocycles. The molecule has 0 spiro atoms. The van der Waals surface area contributed by atoms with Crippen LogP contribution in [0.4, 0.5) is 0 Å². The van der Waals surface area contributed by atoms with Crippen molar-refractivity contribution in [1.29, 1.82) is 0 Å². The van der Waals surface area contributed by atoms with Crippen molar-refractivity contribution < 1.29 is 14.3 Å². The Morgan fingerprint density at radius 3 is 3.00 bits per heavy atom. The van der Waals surface area contributed by atoms with Crippen molar-refractivity contribution in [3.8, 4) is 5.75 Å². The SMILES string of the molecule is O=C(COc1ccc(Cl)cc1Cl)NCC1CCCOC1. The van der Waals surface area contributed by atoms with Crippen LogP contribution in [0.15, 0.2) is 18.2 Å². The Morgan fingerprint density at radius 1 is 1.45 bits per heavy atom. The second-order valence-electron chi connectivity index (χ2n) is 4.75. The molecule has 1 atom stereocenters. The average Bonchev–Trinajstić information content (AvgIpc) is 2.45. The molecule has 1 aromatic carbocycles. The van der Waals surface area contributed by atoms with E-state index < -0.39 is 0 Å². The van der Waals surface area contributed by atoms with Gasteiger partial charge in [0, 0.05) is 18.2 Å². The molecule has 0 bridgehead atoms. The molecule has 1 aliphatic heterocycles. The molecule has 0 aliphatic carbocycles. The van der Waals surface area contributed by atoms with Gasteiger partial charge in [-0.15, -0.1) is 0 Å². The Balaban J connectivity index is 1.71. The number of nitrogens with one attached hydrogen (secondary N) is 1. The van der Waals surface area contributed by atoms with Crippen molar-refractivity contribution in [3.05, 3.63) is 28.2 Å². The summed E-state index contributed by atoms with van der Waals surface area (Å²) in [4.78, 5) is 11.7. The minimum atomic E-state index is -0.165. The molecular formula is C14H17Cl2NO3. The van der Waals surface area contributed by atoms with Crippen LogP contribution in [0, 0.1) is 5.92 Å². The first kappa shape index (κ1) is 15.4. The molecule has 110 valence electrons. The fraction of sp³-hybridized carbons (Fsp3) is 0.500. The van der Waals surface area contributed by atoms with Crippen LogP contribution in [0.25, 0.3) is 0 Å². The molecule has 1 aliphatic rings. The predicted molar refractivity (Wildman–Crippen MR) is 78.5 cm³/mol. The largest absolute Gasteiger partial charge is 0.482 e. The predicted octanol–water partition coefficient (Wildman–Crippen LogP) is 2.92. The summed E-state index contributed by atoms with van der Waals surface area (Å²) in [6.45, 7) is 2.10. The van der Waals surface area contributed by atoms with E-state index >= 15 is 0 Å². The summed E-state index contributed by atoms with van der Waals surface area (Å²) in [6, 6.07) is 4.89. The number of halogens is 2. The molecule has 1 aromatic rings. The second kappa shape index (κ2) is 7.72. The summed E-state index contributed by atoms with van der Waals surface area (Å²) >= 11 is 11.7. The lowest BCUT2D eigenvalue weighted by molar-refractivity contribution is -0.123. The molecule has 4 nitrogen and oxygen atoms in total. The highest BCUT2D eigenvalue weighted by atomic mass is 35.5. The minimum absolute atomic E-state index is 0.0606. The number of amides is 1. The van der Waals surface area contributed by atoms with E-state index in [1.165, 1.54) is 0 Å². The van der Waals surface area contributed by atoms with Crippen LogP contribution in [-0.2, 0) is 9.53 Å². The molecule has 0 saturated carbocycles. The van der Waals surface area contributed by atoms with E-state index in [9.17, 15) is 4.79 Å². The summed E-state index contributed by atoms with van der Waals surface area (Å²) in [5.74, 6) is 0.681. The highest BCUT2D eigenvalue weighted by molar-refractivity contribution is 6.35. The zero-order chi connectivity index (χ0) is 14.4. The van der Waals surface area contributed by atoms with Gasteiger partial charge < -0.3 is 14.8 Å². The lowest BCUT2D eigenvalue weighted by Crippen LogP contribution is -2.35. The summed E-state index contributed by atoms with van der Waals surface area (Å²) in [5.41, 5.74) is 0. The number of ether oxygens (including phenoxy) is 2. The van der Waals surface area contributed by atoms with Gasteiger partial charge in [0.05, 0.1) is 11.6 Å². The number of carbonyl (C=O) groups excluding carboxylic acids is 1. The van der Waals surface area contributed by atoms with E-state index in [4.69, 9.17) is 32.7 Å². The number of rotatable bonds is 5. The lowest BCUT2D eigenvalue weighted by atomic mass is 10.0. The van der Waals surface area contributed by atoms with Crippen molar-refractivity contribution >= 4 is 29.1 Å². The summed E-state index contributed by atoms with van der Waals surface area (Å²) in [5, 5.41) is 3.77. The van der Waals surface area contributed by atoms with Crippen LogP contribution in [0.1, 0.15) is 12.8 Å². The van der Waals surface area contributed by atoms with E-state index in [2.05, 4.69) is 5.32 Å². The standard InChI is InChI=1S/C14H17Cl2NO3/c15-11-3-4-13(12(16)6-11)20-9-14(18)17-7-10-2-1-5-19-8-10/h3-4,6,10H,1-2,5,7-9H2,(H,17,18). The van der Waals surface area contributed by atoms with Gasteiger partial charge in [0.1, 0.15) is 5.75 Å². The molecule has 20 heavy (non-hydrogen) atoms. The fourth-order valence-corrected chi connectivity index (χ4v) is 2.48. The molecule has 2 rings (SSSR count).